The van der Waals surface area contributed by atoms with Crippen molar-refractivity contribution in [2.24, 2.45) is 0 Å². The number of rotatable bonds is 1. The lowest BCUT2D eigenvalue weighted by molar-refractivity contribution is 0.103. The number of carbonyl (C=O) groups excluding carboxylic acids is 1. The first-order valence-corrected chi connectivity index (χ1v) is 7.14. The van der Waals surface area contributed by atoms with Crippen molar-refractivity contribution in [3.63, 3.8) is 0 Å². The van der Waals surface area contributed by atoms with Crippen molar-refractivity contribution < 1.29 is 4.79 Å². The first-order valence-electron chi connectivity index (χ1n) is 7.14. The van der Waals surface area contributed by atoms with Gasteiger partial charge in [-0.25, -0.2) is 0 Å². The number of benzene rings is 2. The van der Waals surface area contributed by atoms with Gasteiger partial charge in [-0.05, 0) is 49.0 Å². The van der Waals surface area contributed by atoms with Gasteiger partial charge in [0.25, 0.3) is 0 Å². The van der Waals surface area contributed by atoms with Crippen LogP contribution in [-0.2, 0) is 6.42 Å². The summed E-state index contributed by atoms with van der Waals surface area (Å²) in [5.41, 5.74) is 5.36. The zero-order valence-corrected chi connectivity index (χ0v) is 11.7. The fourth-order valence-electron chi connectivity index (χ4n) is 2.79. The van der Waals surface area contributed by atoms with Gasteiger partial charge >= 0.3 is 0 Å². The molecule has 0 saturated heterocycles. The highest BCUT2D eigenvalue weighted by Gasteiger charge is 2.19. The maximum Gasteiger partial charge on any atom is 0.189 e. The molecule has 0 radical (unpaired) electrons. The second-order valence-corrected chi connectivity index (χ2v) is 5.37. The van der Waals surface area contributed by atoms with Crippen molar-refractivity contribution >= 4 is 11.9 Å². The van der Waals surface area contributed by atoms with Crippen LogP contribution in [-0.4, -0.2) is 5.78 Å². The van der Waals surface area contributed by atoms with Crippen LogP contribution >= 0.6 is 0 Å². The van der Waals surface area contributed by atoms with Crippen molar-refractivity contribution in [1.29, 1.82) is 0 Å². The molecule has 0 saturated carbocycles. The molecule has 0 aromatic heterocycles. The summed E-state index contributed by atoms with van der Waals surface area (Å²) in [6.07, 6.45) is 4.97. The maximum atomic E-state index is 12.7. The number of carbonyl (C=O) groups is 1. The number of Topliss-reactive ketones (excluding diaryl/α,β-unsaturated/α-hetero) is 1. The van der Waals surface area contributed by atoms with Crippen molar-refractivity contribution in [3.05, 3.63) is 76.4 Å². The molecule has 0 amide bonds. The van der Waals surface area contributed by atoms with Gasteiger partial charge in [-0.15, -0.1) is 0 Å². The summed E-state index contributed by atoms with van der Waals surface area (Å²) in [5.74, 6) is 0.196. The molecule has 1 nitrogen and oxygen atoms in total. The number of ketones is 1. The Morgan fingerprint density at radius 1 is 0.950 bits per heavy atom. The fraction of sp³-hybridized carbons (Fsp3) is 0.211. The largest absolute Gasteiger partial charge is 0.289 e. The van der Waals surface area contributed by atoms with Crippen LogP contribution in [0.2, 0.25) is 0 Å². The monoisotopic (exact) mass is 262 g/mol. The summed E-state index contributed by atoms with van der Waals surface area (Å²) in [5, 5.41) is 0. The molecule has 0 atom stereocenters. The molecular weight excluding hydrogens is 244 g/mol. The quantitative estimate of drug-likeness (QED) is 0.542. The van der Waals surface area contributed by atoms with Crippen LogP contribution in [0.3, 0.4) is 0 Å². The van der Waals surface area contributed by atoms with Gasteiger partial charge in [0.1, 0.15) is 0 Å². The number of fused-ring (bicyclic) bond motifs is 1. The molecule has 2 aromatic rings. The molecule has 0 unspecified atom stereocenters. The number of hydrogen-bond acceptors (Lipinski definition) is 1. The third-order valence-electron chi connectivity index (χ3n) is 3.96. The smallest absolute Gasteiger partial charge is 0.189 e. The van der Waals surface area contributed by atoms with E-state index >= 15 is 0 Å². The van der Waals surface area contributed by atoms with Gasteiger partial charge in [-0.2, -0.15) is 0 Å². The summed E-state index contributed by atoms with van der Waals surface area (Å²) in [6, 6.07) is 16.2. The minimum absolute atomic E-state index is 0.196. The van der Waals surface area contributed by atoms with E-state index in [4.69, 9.17) is 0 Å². The Kier molecular flexibility index (Phi) is 3.51. The van der Waals surface area contributed by atoms with Crippen molar-refractivity contribution in [3.8, 4) is 0 Å². The van der Waals surface area contributed by atoms with Crippen LogP contribution in [0.15, 0.2) is 54.1 Å². The van der Waals surface area contributed by atoms with Gasteiger partial charge in [0, 0.05) is 11.1 Å². The van der Waals surface area contributed by atoms with E-state index in [1.54, 1.807) is 0 Å². The van der Waals surface area contributed by atoms with Gasteiger partial charge in [0.15, 0.2) is 5.78 Å². The fourth-order valence-corrected chi connectivity index (χ4v) is 2.79. The molecular formula is C19H18O. The molecule has 1 aliphatic rings. The zero-order chi connectivity index (χ0) is 13.9. The van der Waals surface area contributed by atoms with Crippen molar-refractivity contribution in [1.82, 2.24) is 0 Å². The average Bonchev–Trinajstić information content (AvgIpc) is 2.62. The van der Waals surface area contributed by atoms with Crippen LogP contribution in [0.4, 0.5) is 0 Å². The summed E-state index contributed by atoms with van der Waals surface area (Å²) in [4.78, 5) is 12.7. The molecule has 20 heavy (non-hydrogen) atoms. The lowest BCUT2D eigenvalue weighted by atomic mass is 9.97. The van der Waals surface area contributed by atoms with E-state index in [2.05, 4.69) is 31.2 Å². The lowest BCUT2D eigenvalue weighted by Crippen LogP contribution is -2.03. The minimum atomic E-state index is 0.196. The molecule has 0 N–H and O–H groups in total. The summed E-state index contributed by atoms with van der Waals surface area (Å²) in [6.45, 7) is 2.08. The van der Waals surface area contributed by atoms with E-state index in [1.165, 1.54) is 11.1 Å². The Bertz CT molecular complexity index is 680. The topological polar surface area (TPSA) is 17.1 Å². The summed E-state index contributed by atoms with van der Waals surface area (Å²) < 4.78 is 0. The van der Waals surface area contributed by atoms with Gasteiger partial charge in [0.2, 0.25) is 0 Å². The van der Waals surface area contributed by atoms with Crippen LogP contribution in [0.5, 0.6) is 0 Å². The Balaban J connectivity index is 2.03. The molecule has 0 spiro atoms. The van der Waals surface area contributed by atoms with E-state index in [0.717, 1.165) is 36.0 Å². The molecule has 0 heterocycles. The van der Waals surface area contributed by atoms with Crippen LogP contribution in [0, 0.1) is 6.92 Å². The SMILES string of the molecule is Cc1ccccc1C=C1CCCc2ccccc2C1=O. The summed E-state index contributed by atoms with van der Waals surface area (Å²) >= 11 is 0. The molecule has 0 aliphatic heterocycles. The highest BCUT2D eigenvalue weighted by Crippen LogP contribution is 2.26. The van der Waals surface area contributed by atoms with E-state index in [0.29, 0.717) is 0 Å². The van der Waals surface area contributed by atoms with Crippen molar-refractivity contribution in [2.75, 3.05) is 0 Å². The Hall–Kier alpha value is -2.15. The third kappa shape index (κ3) is 2.44. The average molecular weight is 262 g/mol. The Labute approximate surface area is 120 Å². The van der Waals surface area contributed by atoms with Gasteiger partial charge in [0.05, 0.1) is 0 Å². The highest BCUT2D eigenvalue weighted by atomic mass is 16.1. The van der Waals surface area contributed by atoms with E-state index in [9.17, 15) is 4.79 Å². The number of allylic oxidation sites excluding steroid dienone is 1. The van der Waals surface area contributed by atoms with Crippen LogP contribution < -0.4 is 0 Å². The lowest BCUT2D eigenvalue weighted by Gasteiger charge is -2.06. The second-order valence-electron chi connectivity index (χ2n) is 5.37. The molecule has 2 aromatic carbocycles. The highest BCUT2D eigenvalue weighted by molar-refractivity contribution is 6.12. The normalized spacial score (nSPS) is 16.9. The molecule has 3 rings (SSSR count). The molecule has 1 aliphatic carbocycles. The third-order valence-corrected chi connectivity index (χ3v) is 3.96. The minimum Gasteiger partial charge on any atom is -0.289 e. The molecule has 0 fully saturated rings. The Morgan fingerprint density at radius 3 is 2.55 bits per heavy atom. The number of hydrogen-bond donors (Lipinski definition) is 0. The van der Waals surface area contributed by atoms with Gasteiger partial charge in [-0.3, -0.25) is 4.79 Å². The molecule has 1 heteroatoms. The van der Waals surface area contributed by atoms with Gasteiger partial charge < -0.3 is 0 Å². The molecule has 0 bridgehead atoms. The Morgan fingerprint density at radius 2 is 1.70 bits per heavy atom. The standard InChI is InChI=1S/C19H18O/c1-14-7-2-3-9-16(14)13-17-11-6-10-15-8-4-5-12-18(15)19(17)20/h2-5,7-9,12-13H,6,10-11H2,1H3. The summed E-state index contributed by atoms with van der Waals surface area (Å²) in [7, 11) is 0. The van der Waals surface area contributed by atoms with Gasteiger partial charge in [-0.1, -0.05) is 48.5 Å². The first-order chi connectivity index (χ1) is 9.75. The predicted molar refractivity (Wildman–Crippen MR) is 82.9 cm³/mol. The first kappa shape index (κ1) is 12.9. The van der Waals surface area contributed by atoms with E-state index in [-0.39, 0.29) is 5.78 Å². The van der Waals surface area contributed by atoms with E-state index < -0.39 is 0 Å². The number of aryl methyl sites for hydroxylation is 2. The second kappa shape index (κ2) is 5.46. The van der Waals surface area contributed by atoms with E-state index in [1.807, 2.05) is 30.3 Å². The van der Waals surface area contributed by atoms with Crippen molar-refractivity contribution in [2.45, 2.75) is 26.2 Å². The van der Waals surface area contributed by atoms with Crippen LogP contribution in [0.1, 0.15) is 39.9 Å². The maximum absolute atomic E-state index is 12.7. The van der Waals surface area contributed by atoms with Crippen LogP contribution in [0.25, 0.3) is 6.08 Å². The zero-order valence-electron chi connectivity index (χ0n) is 11.7. The molecule has 100 valence electrons. The predicted octanol–water partition coefficient (Wildman–Crippen LogP) is 4.60.